The molecule has 0 saturated carbocycles. The summed E-state index contributed by atoms with van der Waals surface area (Å²) in [5, 5.41) is 0.819. The Labute approximate surface area is 181 Å². The maximum Gasteiger partial charge on any atom is 0.0406 e. The molecular formula is C26H33ClN2. The summed E-state index contributed by atoms with van der Waals surface area (Å²) in [4.78, 5) is 5.17. The first kappa shape index (κ1) is 20.5. The zero-order chi connectivity index (χ0) is 20.4. The largest absolute Gasteiger partial charge is 0.369 e. The second kappa shape index (κ2) is 8.53. The number of nitrogens with zero attached hydrogens (tertiary/aromatic N) is 2. The molecule has 0 bridgehead atoms. The van der Waals surface area contributed by atoms with Crippen molar-refractivity contribution in [3.05, 3.63) is 70.3 Å². The van der Waals surface area contributed by atoms with Gasteiger partial charge in [-0.15, -0.1) is 0 Å². The lowest BCUT2D eigenvalue weighted by Crippen LogP contribution is -2.47. The normalized spacial score (nSPS) is 20.2. The predicted octanol–water partition coefficient (Wildman–Crippen LogP) is 6.43. The molecule has 0 aromatic heterocycles. The van der Waals surface area contributed by atoms with Crippen LogP contribution >= 0.6 is 11.6 Å². The molecule has 2 aromatic carbocycles. The number of halogens is 1. The Morgan fingerprint density at radius 3 is 2.21 bits per heavy atom. The molecule has 0 atom stereocenters. The van der Waals surface area contributed by atoms with Gasteiger partial charge in [-0.1, -0.05) is 60.9 Å². The van der Waals surface area contributed by atoms with Crippen molar-refractivity contribution in [2.24, 2.45) is 5.41 Å². The fraction of sp³-hybridized carbons (Fsp3) is 0.462. The molecule has 2 nitrogen and oxygen atoms in total. The quantitative estimate of drug-likeness (QED) is 0.574. The summed E-state index contributed by atoms with van der Waals surface area (Å²) in [5.74, 6) is 0. The Hall–Kier alpha value is -1.77. The van der Waals surface area contributed by atoms with Gasteiger partial charge in [-0.05, 0) is 67.0 Å². The third kappa shape index (κ3) is 5.05. The lowest BCUT2D eigenvalue weighted by atomic mass is 9.73. The summed E-state index contributed by atoms with van der Waals surface area (Å²) < 4.78 is 0. The van der Waals surface area contributed by atoms with Gasteiger partial charge in [0.15, 0.2) is 0 Å². The molecule has 2 aliphatic rings. The van der Waals surface area contributed by atoms with Gasteiger partial charge in [0.1, 0.15) is 0 Å². The fourth-order valence-electron chi connectivity index (χ4n) is 4.75. The predicted molar refractivity (Wildman–Crippen MR) is 126 cm³/mol. The minimum Gasteiger partial charge on any atom is -0.369 e. The van der Waals surface area contributed by atoms with Crippen LogP contribution in [0, 0.1) is 12.3 Å². The van der Waals surface area contributed by atoms with Crippen LogP contribution < -0.4 is 4.90 Å². The van der Waals surface area contributed by atoms with Crippen LogP contribution in [0.4, 0.5) is 5.69 Å². The van der Waals surface area contributed by atoms with E-state index in [9.17, 15) is 0 Å². The van der Waals surface area contributed by atoms with Gasteiger partial charge in [-0.3, -0.25) is 4.90 Å². The standard InChI is InChI=1S/C26H33ClN2/c1-20-4-10-24(11-5-20)29-16-14-28(15-17-29)19-22-18-26(2,3)13-12-25(22)21-6-8-23(27)9-7-21/h4-11H,12-19H2,1-3H3. The molecule has 3 heteroatoms. The van der Waals surface area contributed by atoms with Crippen molar-refractivity contribution in [1.29, 1.82) is 0 Å². The highest BCUT2D eigenvalue weighted by Crippen LogP contribution is 2.42. The molecule has 1 heterocycles. The molecule has 2 aromatic rings. The average molecular weight is 409 g/mol. The number of benzene rings is 2. The highest BCUT2D eigenvalue weighted by Gasteiger charge is 2.29. The van der Waals surface area contributed by atoms with E-state index in [-0.39, 0.29) is 0 Å². The van der Waals surface area contributed by atoms with Gasteiger partial charge in [0, 0.05) is 43.4 Å². The summed E-state index contributed by atoms with van der Waals surface area (Å²) in [6.07, 6.45) is 3.63. The van der Waals surface area contributed by atoms with E-state index in [1.807, 2.05) is 12.1 Å². The van der Waals surface area contributed by atoms with Crippen molar-refractivity contribution in [3.8, 4) is 0 Å². The van der Waals surface area contributed by atoms with E-state index in [1.54, 1.807) is 11.1 Å². The molecule has 1 fully saturated rings. The van der Waals surface area contributed by atoms with Crippen LogP contribution in [0.25, 0.3) is 5.57 Å². The Balaban J connectivity index is 1.47. The van der Waals surface area contributed by atoms with Crippen molar-refractivity contribution < 1.29 is 0 Å². The number of aryl methyl sites for hydroxylation is 1. The molecule has 154 valence electrons. The summed E-state index contributed by atoms with van der Waals surface area (Å²) in [6.45, 7) is 12.6. The smallest absolute Gasteiger partial charge is 0.0406 e. The molecule has 0 N–H and O–H groups in total. The van der Waals surface area contributed by atoms with Crippen LogP contribution in [0.5, 0.6) is 0 Å². The fourth-order valence-corrected chi connectivity index (χ4v) is 4.88. The second-order valence-corrected chi connectivity index (χ2v) is 9.97. The number of allylic oxidation sites excluding steroid dienone is 1. The van der Waals surface area contributed by atoms with Gasteiger partial charge in [-0.25, -0.2) is 0 Å². The van der Waals surface area contributed by atoms with Crippen LogP contribution in [-0.2, 0) is 0 Å². The molecule has 0 radical (unpaired) electrons. The molecule has 1 aliphatic carbocycles. The minimum atomic E-state index is 0.398. The first-order valence-electron chi connectivity index (χ1n) is 10.9. The summed E-state index contributed by atoms with van der Waals surface area (Å²) in [6, 6.07) is 17.4. The van der Waals surface area contributed by atoms with E-state index in [4.69, 9.17) is 11.6 Å². The third-order valence-electron chi connectivity index (χ3n) is 6.55. The number of anilines is 1. The molecule has 1 aliphatic heterocycles. The van der Waals surface area contributed by atoms with Gasteiger partial charge in [0.25, 0.3) is 0 Å². The second-order valence-electron chi connectivity index (χ2n) is 9.53. The highest BCUT2D eigenvalue weighted by atomic mass is 35.5. The van der Waals surface area contributed by atoms with E-state index in [0.717, 1.165) is 37.7 Å². The van der Waals surface area contributed by atoms with Crippen molar-refractivity contribution in [1.82, 2.24) is 4.90 Å². The number of hydrogen-bond donors (Lipinski definition) is 0. The highest BCUT2D eigenvalue weighted by molar-refractivity contribution is 6.30. The van der Waals surface area contributed by atoms with Crippen LogP contribution in [0.15, 0.2) is 54.1 Å². The van der Waals surface area contributed by atoms with Crippen molar-refractivity contribution in [3.63, 3.8) is 0 Å². The van der Waals surface area contributed by atoms with Gasteiger partial charge >= 0.3 is 0 Å². The van der Waals surface area contributed by atoms with Crippen LogP contribution in [0.2, 0.25) is 5.02 Å². The lowest BCUT2D eigenvalue weighted by Gasteiger charge is -2.39. The van der Waals surface area contributed by atoms with Crippen LogP contribution in [0.3, 0.4) is 0 Å². The zero-order valence-corrected chi connectivity index (χ0v) is 18.8. The maximum atomic E-state index is 6.13. The first-order valence-corrected chi connectivity index (χ1v) is 11.3. The molecule has 29 heavy (non-hydrogen) atoms. The minimum absolute atomic E-state index is 0.398. The number of piperazine rings is 1. The SMILES string of the molecule is Cc1ccc(N2CCN(CC3=C(c4ccc(Cl)cc4)CCC(C)(C)C3)CC2)cc1. The van der Waals surface area contributed by atoms with Gasteiger partial charge in [0.2, 0.25) is 0 Å². The molecule has 0 amide bonds. The van der Waals surface area contributed by atoms with E-state index >= 15 is 0 Å². The average Bonchev–Trinajstić information content (AvgIpc) is 2.70. The van der Waals surface area contributed by atoms with Gasteiger partial charge in [-0.2, -0.15) is 0 Å². The van der Waals surface area contributed by atoms with E-state index in [2.05, 4.69) is 67.0 Å². The lowest BCUT2D eigenvalue weighted by molar-refractivity contribution is 0.256. The Morgan fingerprint density at radius 1 is 0.897 bits per heavy atom. The number of rotatable bonds is 4. The summed E-state index contributed by atoms with van der Waals surface area (Å²) in [7, 11) is 0. The molecular weight excluding hydrogens is 376 g/mol. The maximum absolute atomic E-state index is 6.13. The third-order valence-corrected chi connectivity index (χ3v) is 6.80. The molecule has 0 spiro atoms. The van der Waals surface area contributed by atoms with E-state index in [1.165, 1.54) is 36.1 Å². The summed E-state index contributed by atoms with van der Waals surface area (Å²) in [5.41, 5.74) is 7.63. The Bertz CT molecular complexity index is 857. The van der Waals surface area contributed by atoms with Gasteiger partial charge < -0.3 is 4.90 Å². The van der Waals surface area contributed by atoms with Crippen LogP contribution in [0.1, 0.15) is 44.2 Å². The van der Waals surface area contributed by atoms with Crippen molar-refractivity contribution in [2.45, 2.75) is 40.0 Å². The van der Waals surface area contributed by atoms with E-state index in [0.29, 0.717) is 5.41 Å². The van der Waals surface area contributed by atoms with Crippen molar-refractivity contribution in [2.75, 3.05) is 37.6 Å². The number of hydrogen-bond acceptors (Lipinski definition) is 2. The summed E-state index contributed by atoms with van der Waals surface area (Å²) >= 11 is 6.13. The molecule has 1 saturated heterocycles. The van der Waals surface area contributed by atoms with Crippen molar-refractivity contribution >= 4 is 22.9 Å². The van der Waals surface area contributed by atoms with E-state index < -0.39 is 0 Å². The first-order chi connectivity index (χ1) is 13.9. The monoisotopic (exact) mass is 408 g/mol. The van der Waals surface area contributed by atoms with Crippen LogP contribution in [-0.4, -0.2) is 37.6 Å². The molecule has 0 unspecified atom stereocenters. The molecule has 4 rings (SSSR count). The topological polar surface area (TPSA) is 6.48 Å². The Morgan fingerprint density at radius 2 is 1.55 bits per heavy atom. The Kier molecular flexibility index (Phi) is 6.03. The van der Waals surface area contributed by atoms with Gasteiger partial charge in [0.05, 0.1) is 0 Å². The zero-order valence-electron chi connectivity index (χ0n) is 18.0.